The molecule has 0 bridgehead atoms. The minimum atomic E-state index is -4.68. The second-order valence-electron chi connectivity index (χ2n) is 1.24. The molecule has 6 heteroatoms. The number of alkyl halides is 4. The molecule has 0 N–H and O–H groups in total. The quantitative estimate of drug-likeness (QED) is 0.477. The van der Waals surface area contributed by atoms with E-state index in [0.29, 0.717) is 0 Å². The third-order valence-electron chi connectivity index (χ3n) is 0.504. The van der Waals surface area contributed by atoms with Crippen molar-refractivity contribution in [1.82, 2.24) is 0 Å². The Morgan fingerprint density at radius 2 is 1.89 bits per heavy atom. The molecule has 0 fully saturated rings. The van der Waals surface area contributed by atoms with Gasteiger partial charge in [0.05, 0.1) is 0 Å². The lowest BCUT2D eigenvalue weighted by molar-refractivity contribution is -0.143. The highest BCUT2D eigenvalue weighted by atomic mass is 35.5. The van der Waals surface area contributed by atoms with Gasteiger partial charge in [-0.1, -0.05) is 0 Å². The van der Waals surface area contributed by atoms with Crippen LogP contribution < -0.4 is 0 Å². The third-order valence-corrected chi connectivity index (χ3v) is 1.36. The maximum atomic E-state index is 11.3. The fraction of sp³-hybridized carbons (Fsp3) is 0.667. The summed E-state index contributed by atoms with van der Waals surface area (Å²) in [4.78, 5) is 9.80. The van der Waals surface area contributed by atoms with Gasteiger partial charge in [-0.15, -0.1) is 24.2 Å². The van der Waals surface area contributed by atoms with E-state index in [0.717, 1.165) is 0 Å². The molecule has 0 spiro atoms. The number of rotatable bonds is 1. The predicted octanol–water partition coefficient (Wildman–Crippen LogP) is 1.61. The lowest BCUT2D eigenvalue weighted by Gasteiger charge is -2.07. The number of hydrogen-bond donors (Lipinski definition) is 1. The zero-order valence-electron chi connectivity index (χ0n) is 3.94. The van der Waals surface area contributed by atoms with Gasteiger partial charge in [0.1, 0.15) is 0 Å². The fourth-order valence-corrected chi connectivity index (χ4v) is 0.286. The largest absolute Gasteiger partial charge is 0.412 e. The van der Waals surface area contributed by atoms with Crippen molar-refractivity contribution >= 4 is 29.3 Å². The second kappa shape index (κ2) is 2.79. The molecule has 0 radical (unpaired) electrons. The Bertz CT molecular complexity index is 123. The molecule has 9 heavy (non-hydrogen) atoms. The summed E-state index contributed by atoms with van der Waals surface area (Å²) in [5.41, 5.74) is 0. The molecule has 0 rings (SSSR count). The predicted molar refractivity (Wildman–Crippen MR) is 29.7 cm³/mol. The van der Waals surface area contributed by atoms with Gasteiger partial charge < -0.3 is 0 Å². The van der Waals surface area contributed by atoms with E-state index in [1.807, 2.05) is 0 Å². The minimum absolute atomic E-state index is 1.39. The molecule has 0 saturated heterocycles. The molecule has 0 aliphatic heterocycles. The van der Waals surface area contributed by atoms with Crippen LogP contribution >= 0.6 is 24.2 Å². The molecule has 0 heterocycles. The summed E-state index contributed by atoms with van der Waals surface area (Å²) in [6.45, 7) is 0. The zero-order chi connectivity index (χ0) is 7.65. The Kier molecular flexibility index (Phi) is 2.82. The van der Waals surface area contributed by atoms with E-state index in [9.17, 15) is 18.0 Å². The Hall–Kier alpha value is 0.1000. The van der Waals surface area contributed by atoms with Gasteiger partial charge in [-0.3, -0.25) is 4.79 Å². The van der Waals surface area contributed by atoms with Crippen LogP contribution in [-0.2, 0) is 4.79 Å². The molecule has 1 nitrogen and oxygen atoms in total. The van der Waals surface area contributed by atoms with E-state index in [1.54, 1.807) is 0 Å². The molecule has 0 saturated carbocycles. The van der Waals surface area contributed by atoms with Gasteiger partial charge in [0.25, 0.3) is 0 Å². The summed E-state index contributed by atoms with van der Waals surface area (Å²) < 4.78 is 33.9. The molecule has 0 aliphatic carbocycles. The summed E-state index contributed by atoms with van der Waals surface area (Å²) in [7, 11) is 0. The van der Waals surface area contributed by atoms with Gasteiger partial charge in [-0.05, 0) is 0 Å². The fourth-order valence-electron chi connectivity index (χ4n) is 0.140. The van der Waals surface area contributed by atoms with Crippen molar-refractivity contribution in [3.05, 3.63) is 0 Å². The van der Waals surface area contributed by atoms with E-state index in [1.165, 1.54) is 0 Å². The summed E-state index contributed by atoms with van der Waals surface area (Å²) in [5.74, 6) is 0. The van der Waals surface area contributed by atoms with Crippen molar-refractivity contribution in [3.63, 3.8) is 0 Å². The van der Waals surface area contributed by atoms with Crippen LogP contribution in [0.25, 0.3) is 0 Å². The van der Waals surface area contributed by atoms with E-state index in [2.05, 4.69) is 24.2 Å². The number of carbonyl (C=O) groups is 1. The lowest BCUT2D eigenvalue weighted by atomic mass is 10.4. The van der Waals surface area contributed by atoms with Gasteiger partial charge >= 0.3 is 6.18 Å². The summed E-state index contributed by atoms with van der Waals surface area (Å²) in [6.07, 6.45) is -4.68. The van der Waals surface area contributed by atoms with E-state index in [4.69, 9.17) is 0 Å². The van der Waals surface area contributed by atoms with Crippen molar-refractivity contribution < 1.29 is 18.0 Å². The first-order valence-corrected chi connectivity index (χ1v) is 2.67. The summed E-state index contributed by atoms with van der Waals surface area (Å²) in [6, 6.07) is 0. The highest BCUT2D eigenvalue weighted by Crippen LogP contribution is 2.25. The standard InChI is InChI=1S/C3H2ClF3OS/c4-1(2(8)9)3(5,6)7/h1H,(H,8,9). The molecule has 0 aromatic rings. The van der Waals surface area contributed by atoms with Crippen LogP contribution in [0.3, 0.4) is 0 Å². The van der Waals surface area contributed by atoms with Crippen LogP contribution in [-0.4, -0.2) is 16.7 Å². The molecule has 1 unspecified atom stereocenters. The van der Waals surface area contributed by atoms with Crippen LogP contribution in [0.15, 0.2) is 0 Å². The van der Waals surface area contributed by atoms with Crippen molar-refractivity contribution in [2.75, 3.05) is 0 Å². The van der Waals surface area contributed by atoms with Crippen molar-refractivity contribution in [3.8, 4) is 0 Å². The highest BCUT2D eigenvalue weighted by molar-refractivity contribution is 7.97. The molecular weight excluding hydrogens is 177 g/mol. The van der Waals surface area contributed by atoms with Gasteiger partial charge in [0.2, 0.25) is 5.12 Å². The maximum absolute atomic E-state index is 11.3. The molecule has 1 atom stereocenters. The van der Waals surface area contributed by atoms with E-state index >= 15 is 0 Å². The summed E-state index contributed by atoms with van der Waals surface area (Å²) >= 11 is 7.44. The normalized spacial score (nSPS) is 15.2. The van der Waals surface area contributed by atoms with Crippen LogP contribution in [0.4, 0.5) is 13.2 Å². The SMILES string of the molecule is O=C(S)C(Cl)C(F)(F)F. The van der Waals surface area contributed by atoms with Crippen molar-refractivity contribution in [1.29, 1.82) is 0 Å². The average Bonchev–Trinajstić information content (AvgIpc) is 1.62. The molecule has 0 aromatic heterocycles. The first-order valence-electron chi connectivity index (χ1n) is 1.79. The Morgan fingerprint density at radius 3 is 1.89 bits per heavy atom. The molecular formula is C3H2ClF3OS. The zero-order valence-corrected chi connectivity index (χ0v) is 5.60. The van der Waals surface area contributed by atoms with Gasteiger partial charge in [-0.25, -0.2) is 0 Å². The van der Waals surface area contributed by atoms with Crippen LogP contribution in [0.2, 0.25) is 0 Å². The number of thiol groups is 1. The second-order valence-corrected chi connectivity index (χ2v) is 2.12. The Morgan fingerprint density at radius 1 is 1.56 bits per heavy atom. The highest BCUT2D eigenvalue weighted by Gasteiger charge is 2.41. The van der Waals surface area contributed by atoms with E-state index < -0.39 is 16.7 Å². The molecule has 0 aliphatic rings. The molecule has 0 amide bonds. The van der Waals surface area contributed by atoms with Gasteiger partial charge in [-0.2, -0.15) is 13.2 Å². The smallest absolute Gasteiger partial charge is 0.285 e. The average molecular weight is 179 g/mol. The Labute approximate surface area is 59.6 Å². The Balaban J connectivity index is 4.04. The van der Waals surface area contributed by atoms with Gasteiger partial charge in [0, 0.05) is 0 Å². The number of halogens is 4. The first-order chi connectivity index (χ1) is 3.85. The third kappa shape index (κ3) is 2.95. The molecule has 54 valence electrons. The minimum Gasteiger partial charge on any atom is -0.285 e. The topological polar surface area (TPSA) is 17.1 Å². The maximum Gasteiger partial charge on any atom is 0.412 e. The van der Waals surface area contributed by atoms with Crippen LogP contribution in [0, 0.1) is 0 Å². The van der Waals surface area contributed by atoms with E-state index in [-0.39, 0.29) is 0 Å². The van der Waals surface area contributed by atoms with Gasteiger partial charge in [0.15, 0.2) is 5.38 Å². The summed E-state index contributed by atoms with van der Waals surface area (Å²) in [5, 5.41) is -3.87. The van der Waals surface area contributed by atoms with Crippen LogP contribution in [0.1, 0.15) is 0 Å². The first kappa shape index (κ1) is 9.10. The number of hydrogen-bond acceptors (Lipinski definition) is 1. The van der Waals surface area contributed by atoms with Crippen LogP contribution in [0.5, 0.6) is 0 Å². The van der Waals surface area contributed by atoms with Crippen molar-refractivity contribution in [2.24, 2.45) is 0 Å². The monoisotopic (exact) mass is 178 g/mol. The number of carbonyl (C=O) groups excluding carboxylic acids is 1. The lowest BCUT2D eigenvalue weighted by Crippen LogP contribution is -2.28. The van der Waals surface area contributed by atoms with Crippen molar-refractivity contribution in [2.45, 2.75) is 11.6 Å². The molecule has 0 aromatic carbocycles.